The quantitative estimate of drug-likeness (QED) is 0.246. The van der Waals surface area contributed by atoms with Crippen LogP contribution in [0.2, 0.25) is 0 Å². The molecule has 1 N–H and O–H groups in total. The SMILES string of the molecule is c1ccc(-n2c(-c3ccc(-n4c5ccccc5c5c6c(ccc54)[nH]c4ccccc46)cc3)nc3ccccc32)cc1. The predicted molar refractivity (Wildman–Crippen MR) is 170 cm³/mol. The van der Waals surface area contributed by atoms with Crippen molar-refractivity contribution in [1.29, 1.82) is 0 Å². The summed E-state index contributed by atoms with van der Waals surface area (Å²) in [6.45, 7) is 0. The van der Waals surface area contributed by atoms with Gasteiger partial charge in [0.25, 0.3) is 0 Å². The summed E-state index contributed by atoms with van der Waals surface area (Å²) in [5.74, 6) is 0.937. The maximum Gasteiger partial charge on any atom is 0.145 e. The highest BCUT2D eigenvalue weighted by Gasteiger charge is 2.18. The number of H-pyrrole nitrogens is 1. The minimum atomic E-state index is 0.937. The Morgan fingerprint density at radius 3 is 1.98 bits per heavy atom. The van der Waals surface area contributed by atoms with E-state index in [0.717, 1.165) is 44.8 Å². The molecule has 0 aliphatic rings. The molecule has 0 amide bonds. The van der Waals surface area contributed by atoms with Crippen LogP contribution in [0.4, 0.5) is 0 Å². The fourth-order valence-corrected chi connectivity index (χ4v) is 6.50. The molecule has 3 aromatic heterocycles. The van der Waals surface area contributed by atoms with E-state index in [0.29, 0.717) is 0 Å². The van der Waals surface area contributed by atoms with Crippen molar-refractivity contribution < 1.29 is 0 Å². The van der Waals surface area contributed by atoms with Gasteiger partial charge in [-0.25, -0.2) is 4.98 Å². The second-order valence-corrected chi connectivity index (χ2v) is 10.5. The minimum Gasteiger partial charge on any atom is -0.354 e. The number of nitrogens with one attached hydrogen (secondary N) is 1. The summed E-state index contributed by atoms with van der Waals surface area (Å²) in [7, 11) is 0. The van der Waals surface area contributed by atoms with Crippen LogP contribution >= 0.6 is 0 Å². The first-order chi connectivity index (χ1) is 20.3. The van der Waals surface area contributed by atoms with E-state index in [9.17, 15) is 0 Å². The molecule has 4 heteroatoms. The third-order valence-corrected chi connectivity index (χ3v) is 8.26. The Kier molecular flexibility index (Phi) is 4.58. The number of hydrogen-bond donors (Lipinski definition) is 1. The molecule has 0 atom stereocenters. The number of nitrogens with zero attached hydrogens (tertiary/aromatic N) is 3. The molecule has 41 heavy (non-hydrogen) atoms. The maximum absolute atomic E-state index is 5.06. The third kappa shape index (κ3) is 3.19. The number of fused-ring (bicyclic) bond motifs is 8. The Morgan fingerprint density at radius 1 is 0.439 bits per heavy atom. The van der Waals surface area contributed by atoms with Crippen LogP contribution in [0.3, 0.4) is 0 Å². The van der Waals surface area contributed by atoms with Gasteiger partial charge in [0.2, 0.25) is 0 Å². The van der Waals surface area contributed by atoms with Crippen LogP contribution in [-0.4, -0.2) is 19.1 Å². The van der Waals surface area contributed by atoms with Crippen LogP contribution in [0.5, 0.6) is 0 Å². The molecular formula is C37H24N4. The molecule has 3 heterocycles. The number of aromatic amines is 1. The summed E-state index contributed by atoms with van der Waals surface area (Å²) in [5, 5.41) is 5.07. The summed E-state index contributed by atoms with van der Waals surface area (Å²) in [6.07, 6.45) is 0. The van der Waals surface area contributed by atoms with Gasteiger partial charge in [-0.1, -0.05) is 66.7 Å². The smallest absolute Gasteiger partial charge is 0.145 e. The van der Waals surface area contributed by atoms with E-state index >= 15 is 0 Å². The lowest BCUT2D eigenvalue weighted by molar-refractivity contribution is 1.10. The Bertz CT molecular complexity index is 2400. The fraction of sp³-hybridized carbons (Fsp3) is 0. The van der Waals surface area contributed by atoms with Crippen LogP contribution < -0.4 is 0 Å². The molecule has 6 aromatic carbocycles. The van der Waals surface area contributed by atoms with Crippen molar-refractivity contribution >= 4 is 54.6 Å². The van der Waals surface area contributed by atoms with Gasteiger partial charge in [-0.05, 0) is 72.8 Å². The molecular weight excluding hydrogens is 500 g/mol. The number of hydrogen-bond acceptors (Lipinski definition) is 1. The lowest BCUT2D eigenvalue weighted by Gasteiger charge is -2.11. The molecule has 0 aliphatic heterocycles. The van der Waals surface area contributed by atoms with E-state index in [1.165, 1.54) is 32.6 Å². The summed E-state index contributed by atoms with van der Waals surface area (Å²) >= 11 is 0. The second kappa shape index (κ2) is 8.44. The summed E-state index contributed by atoms with van der Waals surface area (Å²) < 4.78 is 4.63. The number of benzene rings is 6. The molecule has 4 nitrogen and oxygen atoms in total. The molecule has 0 bridgehead atoms. The standard InChI is InChI=1S/C37H24N4/c1-2-10-25(11-3-1)41-33-17-9-7-15-30(33)39-37(41)24-18-20-26(21-19-24)40-32-16-8-5-13-28(32)36-34(40)23-22-31-35(36)27-12-4-6-14-29(27)38-31/h1-23,38H. The lowest BCUT2D eigenvalue weighted by atomic mass is 10.1. The Labute approximate surface area is 235 Å². The monoisotopic (exact) mass is 524 g/mol. The van der Waals surface area contributed by atoms with E-state index in [4.69, 9.17) is 4.98 Å². The fourth-order valence-electron chi connectivity index (χ4n) is 6.50. The largest absolute Gasteiger partial charge is 0.354 e. The Hall–Kier alpha value is -5.61. The molecule has 0 aliphatic carbocycles. The second-order valence-electron chi connectivity index (χ2n) is 10.5. The van der Waals surface area contributed by atoms with Crippen LogP contribution in [0, 0.1) is 0 Å². The van der Waals surface area contributed by atoms with Crippen molar-refractivity contribution in [2.24, 2.45) is 0 Å². The van der Waals surface area contributed by atoms with E-state index in [-0.39, 0.29) is 0 Å². The minimum absolute atomic E-state index is 0.937. The van der Waals surface area contributed by atoms with Gasteiger partial charge in [0.1, 0.15) is 5.82 Å². The molecule has 192 valence electrons. The molecule has 9 rings (SSSR count). The number of imidazole rings is 1. The molecule has 9 aromatic rings. The van der Waals surface area contributed by atoms with E-state index in [1.807, 2.05) is 12.1 Å². The zero-order valence-electron chi connectivity index (χ0n) is 22.1. The summed E-state index contributed by atoms with van der Waals surface area (Å²) in [5.41, 5.74) is 10.1. The first kappa shape index (κ1) is 22.2. The first-order valence-corrected chi connectivity index (χ1v) is 13.9. The molecule has 0 saturated carbocycles. The van der Waals surface area contributed by atoms with Crippen LogP contribution in [0.15, 0.2) is 140 Å². The molecule has 0 radical (unpaired) electrons. The van der Waals surface area contributed by atoms with Gasteiger partial charge in [0.05, 0.1) is 22.1 Å². The highest BCUT2D eigenvalue weighted by atomic mass is 15.1. The highest BCUT2D eigenvalue weighted by molar-refractivity contribution is 6.28. The van der Waals surface area contributed by atoms with E-state index in [2.05, 4.69) is 142 Å². The van der Waals surface area contributed by atoms with Gasteiger partial charge < -0.3 is 9.55 Å². The van der Waals surface area contributed by atoms with Gasteiger partial charge in [-0.2, -0.15) is 0 Å². The van der Waals surface area contributed by atoms with Crippen molar-refractivity contribution in [2.75, 3.05) is 0 Å². The van der Waals surface area contributed by atoms with Gasteiger partial charge >= 0.3 is 0 Å². The van der Waals surface area contributed by atoms with Gasteiger partial charge in [0.15, 0.2) is 0 Å². The predicted octanol–water partition coefficient (Wildman–Crippen LogP) is 9.42. The van der Waals surface area contributed by atoms with Crippen molar-refractivity contribution in [3.63, 3.8) is 0 Å². The normalized spacial score (nSPS) is 11.9. The van der Waals surface area contributed by atoms with Gasteiger partial charge in [-0.3, -0.25) is 4.57 Å². The first-order valence-electron chi connectivity index (χ1n) is 13.9. The lowest BCUT2D eigenvalue weighted by Crippen LogP contribution is -1.98. The average molecular weight is 525 g/mol. The van der Waals surface area contributed by atoms with Crippen molar-refractivity contribution in [3.05, 3.63) is 140 Å². The Morgan fingerprint density at radius 2 is 1.12 bits per heavy atom. The van der Waals surface area contributed by atoms with Crippen LogP contribution in [0.1, 0.15) is 0 Å². The molecule has 0 fully saturated rings. The Balaban J connectivity index is 1.27. The zero-order chi connectivity index (χ0) is 26.9. The number of para-hydroxylation sites is 5. The zero-order valence-corrected chi connectivity index (χ0v) is 22.1. The average Bonchev–Trinajstić information content (AvgIpc) is 3.71. The summed E-state index contributed by atoms with van der Waals surface area (Å²) in [6, 6.07) is 49.4. The molecule has 0 saturated heterocycles. The van der Waals surface area contributed by atoms with Gasteiger partial charge in [0, 0.05) is 49.5 Å². The van der Waals surface area contributed by atoms with Crippen LogP contribution in [-0.2, 0) is 0 Å². The van der Waals surface area contributed by atoms with E-state index < -0.39 is 0 Å². The van der Waals surface area contributed by atoms with Crippen molar-refractivity contribution in [3.8, 4) is 22.8 Å². The van der Waals surface area contributed by atoms with Crippen molar-refractivity contribution in [1.82, 2.24) is 19.1 Å². The highest BCUT2D eigenvalue weighted by Crippen LogP contribution is 2.40. The maximum atomic E-state index is 5.06. The molecule has 0 spiro atoms. The molecule has 0 unspecified atom stereocenters. The number of rotatable bonds is 3. The van der Waals surface area contributed by atoms with Gasteiger partial charge in [-0.15, -0.1) is 0 Å². The van der Waals surface area contributed by atoms with Crippen molar-refractivity contribution in [2.45, 2.75) is 0 Å². The topological polar surface area (TPSA) is 38.5 Å². The van der Waals surface area contributed by atoms with E-state index in [1.54, 1.807) is 0 Å². The summed E-state index contributed by atoms with van der Waals surface area (Å²) in [4.78, 5) is 8.68. The third-order valence-electron chi connectivity index (χ3n) is 8.26. The van der Waals surface area contributed by atoms with Crippen LogP contribution in [0.25, 0.3) is 77.4 Å². The number of aromatic nitrogens is 4.